The van der Waals surface area contributed by atoms with Crippen LogP contribution < -0.4 is 5.73 Å². The van der Waals surface area contributed by atoms with E-state index in [2.05, 4.69) is 17.1 Å². The van der Waals surface area contributed by atoms with Gasteiger partial charge in [0.15, 0.2) is 5.65 Å². The van der Waals surface area contributed by atoms with Gasteiger partial charge < -0.3 is 5.73 Å². The average Bonchev–Trinajstić information content (AvgIpc) is 2.57. The van der Waals surface area contributed by atoms with Crippen molar-refractivity contribution in [1.82, 2.24) is 14.6 Å². The zero-order valence-corrected chi connectivity index (χ0v) is 8.62. The molecule has 0 unspecified atom stereocenters. The van der Waals surface area contributed by atoms with Gasteiger partial charge in [0, 0.05) is 12.6 Å². The minimum absolute atomic E-state index is 0.490. The van der Waals surface area contributed by atoms with Gasteiger partial charge in [0.05, 0.1) is 10.7 Å². The van der Waals surface area contributed by atoms with Gasteiger partial charge in [-0.1, -0.05) is 18.5 Å². The van der Waals surface area contributed by atoms with Crippen LogP contribution in [0.4, 0.5) is 5.69 Å². The van der Waals surface area contributed by atoms with Crippen LogP contribution in [0, 0.1) is 0 Å². The third-order valence-electron chi connectivity index (χ3n) is 2.11. The van der Waals surface area contributed by atoms with Crippen molar-refractivity contribution in [2.45, 2.75) is 19.8 Å². The summed E-state index contributed by atoms with van der Waals surface area (Å²) in [6.45, 7) is 2.10. The minimum atomic E-state index is 0.490. The molecule has 0 fully saturated rings. The summed E-state index contributed by atoms with van der Waals surface area (Å²) in [5.41, 5.74) is 6.90. The molecule has 74 valence electrons. The molecule has 2 N–H and O–H groups in total. The first-order chi connectivity index (χ1) is 6.74. The summed E-state index contributed by atoms with van der Waals surface area (Å²) in [4.78, 5) is 0. The highest BCUT2D eigenvalue weighted by Gasteiger charge is 2.08. The van der Waals surface area contributed by atoms with Crippen LogP contribution >= 0.6 is 11.6 Å². The minimum Gasteiger partial charge on any atom is -0.394 e. The van der Waals surface area contributed by atoms with E-state index in [1.165, 1.54) is 0 Å². The van der Waals surface area contributed by atoms with E-state index in [9.17, 15) is 0 Å². The molecule has 2 heterocycles. The van der Waals surface area contributed by atoms with Crippen molar-refractivity contribution in [3.63, 3.8) is 0 Å². The number of nitrogen functional groups attached to an aromatic ring is 1. The van der Waals surface area contributed by atoms with E-state index >= 15 is 0 Å². The Morgan fingerprint density at radius 1 is 1.50 bits per heavy atom. The van der Waals surface area contributed by atoms with Crippen molar-refractivity contribution in [2.75, 3.05) is 5.73 Å². The van der Waals surface area contributed by atoms with Gasteiger partial charge in [-0.25, -0.2) is 0 Å². The van der Waals surface area contributed by atoms with Gasteiger partial charge in [-0.05, 0) is 12.5 Å². The van der Waals surface area contributed by atoms with E-state index in [-0.39, 0.29) is 0 Å². The molecule has 0 saturated carbocycles. The van der Waals surface area contributed by atoms with E-state index < -0.39 is 0 Å². The monoisotopic (exact) mass is 210 g/mol. The van der Waals surface area contributed by atoms with Gasteiger partial charge in [-0.2, -0.15) is 0 Å². The molecule has 0 bridgehead atoms. The molecule has 2 aromatic rings. The number of halogens is 1. The molecule has 0 saturated heterocycles. The number of aryl methyl sites for hydroxylation is 1. The Kier molecular flexibility index (Phi) is 2.29. The maximum Gasteiger partial charge on any atom is 0.185 e. The molecule has 4 nitrogen and oxygen atoms in total. The average molecular weight is 211 g/mol. The second-order valence-electron chi connectivity index (χ2n) is 3.14. The number of pyridine rings is 1. The number of fused-ring (bicyclic) bond motifs is 1. The van der Waals surface area contributed by atoms with Crippen LogP contribution in [0.3, 0.4) is 0 Å². The lowest BCUT2D eigenvalue weighted by atomic mass is 10.3. The number of nitrogens with zero attached hydrogens (tertiary/aromatic N) is 3. The van der Waals surface area contributed by atoms with Crippen molar-refractivity contribution < 1.29 is 0 Å². The largest absolute Gasteiger partial charge is 0.394 e. The van der Waals surface area contributed by atoms with Gasteiger partial charge in [0.2, 0.25) is 0 Å². The first-order valence-corrected chi connectivity index (χ1v) is 4.89. The molecular formula is C9H11ClN4. The number of rotatable bonds is 2. The highest BCUT2D eigenvalue weighted by atomic mass is 35.5. The lowest BCUT2D eigenvalue weighted by Crippen LogP contribution is -1.97. The van der Waals surface area contributed by atoms with Gasteiger partial charge in [-0.3, -0.25) is 4.40 Å². The van der Waals surface area contributed by atoms with Crippen LogP contribution in [0.2, 0.25) is 5.02 Å². The summed E-state index contributed by atoms with van der Waals surface area (Å²) in [6, 6.07) is 1.76. The lowest BCUT2D eigenvalue weighted by molar-refractivity contribution is 0.818. The molecule has 0 radical (unpaired) electrons. The van der Waals surface area contributed by atoms with Gasteiger partial charge >= 0.3 is 0 Å². The number of nitrogens with two attached hydrogens (primary N) is 1. The number of aromatic nitrogens is 3. The second-order valence-corrected chi connectivity index (χ2v) is 3.54. The maximum atomic E-state index is 5.87. The third-order valence-corrected chi connectivity index (χ3v) is 2.44. The number of hydrogen-bond acceptors (Lipinski definition) is 3. The topological polar surface area (TPSA) is 56.2 Å². The summed E-state index contributed by atoms with van der Waals surface area (Å²) in [5.74, 6) is 0.922. The molecule has 0 aliphatic carbocycles. The van der Waals surface area contributed by atoms with Gasteiger partial charge in [0.25, 0.3) is 0 Å². The van der Waals surface area contributed by atoms with Crippen molar-refractivity contribution in [2.24, 2.45) is 0 Å². The fourth-order valence-corrected chi connectivity index (χ4v) is 1.54. The first kappa shape index (κ1) is 9.27. The number of hydrogen-bond donors (Lipinski definition) is 1. The predicted octanol–water partition coefficient (Wildman–Crippen LogP) is 1.92. The highest BCUT2D eigenvalue weighted by molar-refractivity contribution is 6.33. The molecule has 0 aromatic carbocycles. The van der Waals surface area contributed by atoms with Crippen molar-refractivity contribution in [1.29, 1.82) is 0 Å². The standard InChI is InChI=1S/C9H11ClN4/c1-2-3-7-12-13-9-8(11)6(10)4-5-14(7)9/h4-5H,2-3,11H2,1H3. The van der Waals surface area contributed by atoms with Crippen LogP contribution in [0.5, 0.6) is 0 Å². The molecular weight excluding hydrogens is 200 g/mol. The molecule has 0 aliphatic rings. The Balaban J connectivity index is 2.64. The summed E-state index contributed by atoms with van der Waals surface area (Å²) < 4.78 is 1.88. The van der Waals surface area contributed by atoms with Crippen LogP contribution in [0.1, 0.15) is 19.2 Å². The highest BCUT2D eigenvalue weighted by Crippen LogP contribution is 2.22. The Morgan fingerprint density at radius 3 is 3.00 bits per heavy atom. The molecule has 0 spiro atoms. The molecule has 0 amide bonds. The smallest absolute Gasteiger partial charge is 0.185 e. The molecule has 5 heteroatoms. The maximum absolute atomic E-state index is 5.87. The Labute approximate surface area is 86.7 Å². The summed E-state index contributed by atoms with van der Waals surface area (Å²) in [5, 5.41) is 8.58. The van der Waals surface area contributed by atoms with Crippen molar-refractivity contribution >= 4 is 22.9 Å². The quantitative estimate of drug-likeness (QED) is 0.824. The number of anilines is 1. The van der Waals surface area contributed by atoms with Crippen LogP contribution in [-0.4, -0.2) is 14.6 Å². The summed E-state index contributed by atoms with van der Waals surface area (Å²) in [6.07, 6.45) is 3.77. The van der Waals surface area contributed by atoms with E-state index in [1.54, 1.807) is 6.07 Å². The van der Waals surface area contributed by atoms with E-state index in [4.69, 9.17) is 17.3 Å². The Bertz CT molecular complexity index is 463. The lowest BCUT2D eigenvalue weighted by Gasteiger charge is -2.01. The third kappa shape index (κ3) is 1.32. The van der Waals surface area contributed by atoms with Crippen LogP contribution in [0.25, 0.3) is 5.65 Å². The normalized spacial score (nSPS) is 11.0. The second kappa shape index (κ2) is 3.46. The van der Waals surface area contributed by atoms with Crippen molar-refractivity contribution in [3.8, 4) is 0 Å². The molecule has 0 aliphatic heterocycles. The van der Waals surface area contributed by atoms with E-state index in [0.717, 1.165) is 18.7 Å². The molecule has 14 heavy (non-hydrogen) atoms. The Hall–Kier alpha value is -1.29. The summed E-state index contributed by atoms with van der Waals surface area (Å²) in [7, 11) is 0. The Morgan fingerprint density at radius 2 is 2.29 bits per heavy atom. The fraction of sp³-hybridized carbons (Fsp3) is 0.333. The molecule has 2 rings (SSSR count). The fourth-order valence-electron chi connectivity index (χ4n) is 1.39. The summed E-state index contributed by atoms with van der Waals surface area (Å²) >= 11 is 5.87. The van der Waals surface area contributed by atoms with E-state index in [0.29, 0.717) is 16.4 Å². The van der Waals surface area contributed by atoms with E-state index in [1.807, 2.05) is 10.6 Å². The zero-order valence-electron chi connectivity index (χ0n) is 7.87. The predicted molar refractivity (Wildman–Crippen MR) is 56.4 cm³/mol. The van der Waals surface area contributed by atoms with Gasteiger partial charge in [0.1, 0.15) is 5.82 Å². The first-order valence-electron chi connectivity index (χ1n) is 4.51. The molecule has 0 atom stereocenters. The van der Waals surface area contributed by atoms with Gasteiger partial charge in [-0.15, -0.1) is 10.2 Å². The van der Waals surface area contributed by atoms with Crippen LogP contribution in [-0.2, 0) is 6.42 Å². The van der Waals surface area contributed by atoms with Crippen LogP contribution in [0.15, 0.2) is 12.3 Å². The zero-order chi connectivity index (χ0) is 10.1. The SMILES string of the molecule is CCCc1nnc2c(N)c(Cl)ccn12. The molecule has 2 aromatic heterocycles. The van der Waals surface area contributed by atoms with Crippen molar-refractivity contribution in [3.05, 3.63) is 23.1 Å².